The van der Waals surface area contributed by atoms with Gasteiger partial charge in [-0.05, 0) is 50.2 Å². The van der Waals surface area contributed by atoms with Crippen molar-refractivity contribution >= 4 is 27.6 Å². The van der Waals surface area contributed by atoms with Crippen molar-refractivity contribution in [2.75, 3.05) is 7.05 Å². The number of carbonyl (C=O) groups excluding carboxylic acids is 1. The fraction of sp³-hybridized carbons (Fsp3) is 0.235. The number of rotatable bonds is 5. The fourth-order valence-electron chi connectivity index (χ4n) is 2.12. The van der Waals surface area contributed by atoms with Crippen molar-refractivity contribution in [3.8, 4) is 0 Å². The van der Waals surface area contributed by atoms with Gasteiger partial charge in [0.1, 0.15) is 6.61 Å². The highest BCUT2D eigenvalue weighted by Crippen LogP contribution is 2.22. The molecule has 0 saturated heterocycles. The Morgan fingerprint density at radius 1 is 1.17 bits per heavy atom. The topological polar surface area (TPSA) is 72.5 Å². The summed E-state index contributed by atoms with van der Waals surface area (Å²) in [5.41, 5.74) is 2.97. The number of carbonyl (C=O) groups is 1. The summed E-state index contributed by atoms with van der Waals surface area (Å²) in [6.07, 6.45) is 0. The minimum absolute atomic E-state index is 0.0123. The van der Waals surface area contributed by atoms with Crippen molar-refractivity contribution < 1.29 is 17.9 Å². The molecular formula is C17H18ClNO4S. The Kier molecular flexibility index (Phi) is 5.64. The van der Waals surface area contributed by atoms with Crippen LogP contribution in [0.2, 0.25) is 5.02 Å². The minimum atomic E-state index is -3.67. The Balaban J connectivity index is 2.24. The van der Waals surface area contributed by atoms with Gasteiger partial charge in [0.25, 0.3) is 0 Å². The lowest BCUT2D eigenvalue weighted by Crippen LogP contribution is -2.19. The average molecular weight is 368 g/mol. The van der Waals surface area contributed by atoms with Crippen molar-refractivity contribution in [1.29, 1.82) is 0 Å². The first-order chi connectivity index (χ1) is 11.2. The molecule has 0 heterocycles. The highest BCUT2D eigenvalue weighted by atomic mass is 35.5. The molecule has 0 amide bonds. The standard InChI is InChI=1S/C17H18ClNO4S/c1-11-4-5-12(2)13(8-11)10-23-17(20)15-9-14(6-7-16(15)18)24(21,22)19-3/h4-9,19H,10H2,1-3H3. The molecule has 2 rings (SSSR count). The van der Waals surface area contributed by atoms with E-state index in [4.69, 9.17) is 16.3 Å². The maximum Gasteiger partial charge on any atom is 0.340 e. The van der Waals surface area contributed by atoms with Gasteiger partial charge in [0, 0.05) is 0 Å². The van der Waals surface area contributed by atoms with Crippen LogP contribution in [0.5, 0.6) is 0 Å². The Morgan fingerprint density at radius 2 is 1.88 bits per heavy atom. The van der Waals surface area contributed by atoms with E-state index < -0.39 is 16.0 Å². The average Bonchev–Trinajstić information content (AvgIpc) is 2.55. The SMILES string of the molecule is CNS(=O)(=O)c1ccc(Cl)c(C(=O)OCc2cc(C)ccc2C)c1. The van der Waals surface area contributed by atoms with Crippen LogP contribution in [0.25, 0.3) is 0 Å². The van der Waals surface area contributed by atoms with Crippen LogP contribution in [0.15, 0.2) is 41.3 Å². The van der Waals surface area contributed by atoms with Crippen molar-refractivity contribution in [2.24, 2.45) is 0 Å². The van der Waals surface area contributed by atoms with Crippen LogP contribution in [0.3, 0.4) is 0 Å². The summed E-state index contributed by atoms with van der Waals surface area (Å²) in [6, 6.07) is 9.76. The zero-order valence-electron chi connectivity index (χ0n) is 13.6. The van der Waals surface area contributed by atoms with Crippen LogP contribution in [0.1, 0.15) is 27.0 Å². The van der Waals surface area contributed by atoms with Crippen LogP contribution in [0, 0.1) is 13.8 Å². The van der Waals surface area contributed by atoms with Gasteiger partial charge in [-0.2, -0.15) is 0 Å². The molecule has 0 aromatic heterocycles. The second kappa shape index (κ2) is 7.34. The van der Waals surface area contributed by atoms with Crippen molar-refractivity contribution in [3.05, 3.63) is 63.7 Å². The zero-order valence-corrected chi connectivity index (χ0v) is 15.2. The molecule has 0 aliphatic rings. The van der Waals surface area contributed by atoms with Gasteiger partial charge in [-0.3, -0.25) is 0 Å². The maximum absolute atomic E-state index is 12.3. The van der Waals surface area contributed by atoms with Crippen molar-refractivity contribution in [2.45, 2.75) is 25.3 Å². The largest absolute Gasteiger partial charge is 0.457 e. The summed E-state index contributed by atoms with van der Waals surface area (Å²) in [6.45, 7) is 3.97. The number of esters is 1. The molecule has 0 radical (unpaired) electrons. The molecule has 0 bridgehead atoms. The molecule has 1 N–H and O–H groups in total. The smallest absolute Gasteiger partial charge is 0.340 e. The van der Waals surface area contributed by atoms with Crippen LogP contribution in [-0.4, -0.2) is 21.4 Å². The Morgan fingerprint density at radius 3 is 2.54 bits per heavy atom. The van der Waals surface area contributed by atoms with E-state index in [-0.39, 0.29) is 22.1 Å². The first kappa shape index (κ1) is 18.4. The molecule has 5 nitrogen and oxygen atoms in total. The number of sulfonamides is 1. The summed E-state index contributed by atoms with van der Waals surface area (Å²) in [4.78, 5) is 12.2. The number of hydrogen-bond donors (Lipinski definition) is 1. The number of benzene rings is 2. The second-order valence-electron chi connectivity index (χ2n) is 5.36. The van der Waals surface area contributed by atoms with Gasteiger partial charge in [-0.1, -0.05) is 35.4 Å². The predicted molar refractivity (Wildman–Crippen MR) is 92.7 cm³/mol. The molecule has 24 heavy (non-hydrogen) atoms. The summed E-state index contributed by atoms with van der Waals surface area (Å²) >= 11 is 6.01. The van der Waals surface area contributed by atoms with Gasteiger partial charge in [0.2, 0.25) is 10.0 Å². The third-order valence-electron chi connectivity index (χ3n) is 3.60. The minimum Gasteiger partial charge on any atom is -0.457 e. The van der Waals surface area contributed by atoms with Crippen LogP contribution < -0.4 is 4.72 Å². The molecule has 0 unspecified atom stereocenters. The molecule has 2 aromatic rings. The number of nitrogens with one attached hydrogen (secondary N) is 1. The number of ether oxygens (including phenoxy) is 1. The fourth-order valence-corrected chi connectivity index (χ4v) is 3.07. The molecule has 0 spiro atoms. The number of aryl methyl sites for hydroxylation is 2. The van der Waals surface area contributed by atoms with E-state index in [9.17, 15) is 13.2 Å². The normalized spacial score (nSPS) is 11.3. The van der Waals surface area contributed by atoms with E-state index >= 15 is 0 Å². The first-order valence-electron chi connectivity index (χ1n) is 7.21. The van der Waals surface area contributed by atoms with E-state index in [1.54, 1.807) is 0 Å². The maximum atomic E-state index is 12.3. The van der Waals surface area contributed by atoms with Gasteiger partial charge in [-0.15, -0.1) is 0 Å². The Hall–Kier alpha value is -1.89. The van der Waals surface area contributed by atoms with Crippen molar-refractivity contribution in [1.82, 2.24) is 4.72 Å². The van der Waals surface area contributed by atoms with E-state index in [1.165, 1.54) is 25.2 Å². The molecule has 7 heteroatoms. The predicted octanol–water partition coefficient (Wildman–Crippen LogP) is 3.22. The summed E-state index contributed by atoms with van der Waals surface area (Å²) in [5.74, 6) is -0.672. The summed E-state index contributed by atoms with van der Waals surface area (Å²) < 4.78 is 31.2. The van der Waals surface area contributed by atoms with Crippen LogP contribution >= 0.6 is 11.6 Å². The van der Waals surface area contributed by atoms with Crippen molar-refractivity contribution in [3.63, 3.8) is 0 Å². The highest BCUT2D eigenvalue weighted by molar-refractivity contribution is 7.89. The number of hydrogen-bond acceptors (Lipinski definition) is 4. The molecule has 2 aromatic carbocycles. The number of halogens is 1. The van der Waals surface area contributed by atoms with E-state index in [0.29, 0.717) is 0 Å². The molecule has 0 aliphatic heterocycles. The van der Waals surface area contributed by atoms with Gasteiger partial charge in [0.05, 0.1) is 15.5 Å². The third kappa shape index (κ3) is 4.14. The van der Waals surface area contributed by atoms with E-state index in [0.717, 1.165) is 16.7 Å². The monoisotopic (exact) mass is 367 g/mol. The summed E-state index contributed by atoms with van der Waals surface area (Å²) in [7, 11) is -2.37. The Labute approximate surface area is 146 Å². The van der Waals surface area contributed by atoms with Gasteiger partial charge in [-0.25, -0.2) is 17.9 Å². The highest BCUT2D eigenvalue weighted by Gasteiger charge is 2.18. The van der Waals surface area contributed by atoms with E-state index in [1.807, 2.05) is 32.0 Å². The molecule has 0 aliphatic carbocycles. The first-order valence-corrected chi connectivity index (χ1v) is 9.07. The molecule has 0 fully saturated rings. The molecule has 128 valence electrons. The van der Waals surface area contributed by atoms with Gasteiger partial charge in [0.15, 0.2) is 0 Å². The summed E-state index contributed by atoms with van der Waals surface area (Å²) in [5, 5.41) is 0.135. The lowest BCUT2D eigenvalue weighted by Gasteiger charge is -2.10. The van der Waals surface area contributed by atoms with Crippen LogP contribution in [-0.2, 0) is 21.4 Å². The lowest BCUT2D eigenvalue weighted by atomic mass is 10.1. The second-order valence-corrected chi connectivity index (χ2v) is 7.65. The Bertz CT molecular complexity index is 878. The molecule has 0 atom stereocenters. The van der Waals surface area contributed by atoms with Crippen LogP contribution in [0.4, 0.5) is 0 Å². The van der Waals surface area contributed by atoms with E-state index in [2.05, 4.69) is 4.72 Å². The zero-order chi connectivity index (χ0) is 17.9. The third-order valence-corrected chi connectivity index (χ3v) is 5.34. The molecular weight excluding hydrogens is 350 g/mol. The molecule has 0 saturated carbocycles. The quantitative estimate of drug-likeness (QED) is 0.823. The lowest BCUT2D eigenvalue weighted by molar-refractivity contribution is 0.0472. The van der Waals surface area contributed by atoms with Gasteiger partial charge >= 0.3 is 5.97 Å². The van der Waals surface area contributed by atoms with Gasteiger partial charge < -0.3 is 4.74 Å².